The minimum Gasteiger partial charge on any atom is -0.492 e. The maximum atomic E-state index is 11.7. The van der Waals surface area contributed by atoms with Crippen LogP contribution in [-0.4, -0.2) is 50.0 Å². The Bertz CT molecular complexity index is 469. The van der Waals surface area contributed by atoms with Gasteiger partial charge in [-0.1, -0.05) is 12.1 Å². The molecule has 0 aliphatic heterocycles. The number of carbonyl (C=O) groups is 2. The maximum absolute atomic E-state index is 11.7. The van der Waals surface area contributed by atoms with Crippen LogP contribution in [0.15, 0.2) is 24.3 Å². The van der Waals surface area contributed by atoms with Gasteiger partial charge >= 0.3 is 0 Å². The molecule has 0 saturated heterocycles. The standard InChI is InChI=1S/C14H21N3O3.ClH/c1-11-4-3-5-12(8-11)20-7-6-17(2)14(19)10-16-13(18)9-15;/h3-5,8H,6-7,9-10,15H2,1-2H3,(H,16,18);1H. The average molecular weight is 316 g/mol. The van der Waals surface area contributed by atoms with Gasteiger partial charge in [0, 0.05) is 7.05 Å². The van der Waals surface area contributed by atoms with Gasteiger partial charge in [0.05, 0.1) is 19.6 Å². The smallest absolute Gasteiger partial charge is 0.241 e. The Kier molecular flexibility index (Phi) is 9.16. The second-order valence-corrected chi connectivity index (χ2v) is 4.46. The van der Waals surface area contributed by atoms with Crippen LogP contribution in [0, 0.1) is 6.92 Å². The molecule has 0 atom stereocenters. The van der Waals surface area contributed by atoms with E-state index >= 15 is 0 Å². The van der Waals surface area contributed by atoms with Crippen LogP contribution in [0.1, 0.15) is 5.56 Å². The van der Waals surface area contributed by atoms with Crippen molar-refractivity contribution >= 4 is 24.2 Å². The third-order valence-electron chi connectivity index (χ3n) is 2.73. The molecule has 1 aromatic carbocycles. The zero-order valence-electron chi connectivity index (χ0n) is 12.3. The van der Waals surface area contributed by atoms with Crippen LogP contribution in [0.2, 0.25) is 0 Å². The molecule has 0 spiro atoms. The quantitative estimate of drug-likeness (QED) is 0.759. The summed E-state index contributed by atoms with van der Waals surface area (Å²) in [5.41, 5.74) is 6.26. The highest BCUT2D eigenvalue weighted by Crippen LogP contribution is 2.11. The largest absolute Gasteiger partial charge is 0.492 e. The molecule has 7 heteroatoms. The van der Waals surface area contributed by atoms with Gasteiger partial charge in [-0.05, 0) is 24.6 Å². The number of nitrogens with two attached hydrogens (primary N) is 1. The summed E-state index contributed by atoms with van der Waals surface area (Å²) >= 11 is 0. The van der Waals surface area contributed by atoms with Gasteiger partial charge in [-0.2, -0.15) is 0 Å². The molecule has 0 aromatic heterocycles. The summed E-state index contributed by atoms with van der Waals surface area (Å²) in [5.74, 6) is 0.254. The summed E-state index contributed by atoms with van der Waals surface area (Å²) in [6.45, 7) is 2.68. The van der Waals surface area contributed by atoms with Gasteiger partial charge in [0.15, 0.2) is 0 Å². The zero-order chi connectivity index (χ0) is 15.0. The third kappa shape index (κ3) is 7.53. The fourth-order valence-corrected chi connectivity index (χ4v) is 1.51. The lowest BCUT2D eigenvalue weighted by Gasteiger charge is -2.17. The number of hydrogen-bond acceptors (Lipinski definition) is 4. The number of nitrogens with one attached hydrogen (secondary N) is 1. The molecule has 0 radical (unpaired) electrons. The number of likely N-dealkylation sites (N-methyl/N-ethyl adjacent to an activating group) is 1. The fourth-order valence-electron chi connectivity index (χ4n) is 1.51. The van der Waals surface area contributed by atoms with Gasteiger partial charge in [-0.15, -0.1) is 12.4 Å². The van der Waals surface area contributed by atoms with Crippen molar-refractivity contribution in [1.29, 1.82) is 0 Å². The van der Waals surface area contributed by atoms with Crippen LogP contribution in [0.25, 0.3) is 0 Å². The normalized spacial score (nSPS) is 9.48. The number of carbonyl (C=O) groups excluding carboxylic acids is 2. The first-order valence-electron chi connectivity index (χ1n) is 6.43. The molecule has 0 unspecified atom stereocenters. The van der Waals surface area contributed by atoms with E-state index in [2.05, 4.69) is 5.32 Å². The molecule has 118 valence electrons. The van der Waals surface area contributed by atoms with Crippen molar-refractivity contribution in [3.63, 3.8) is 0 Å². The van der Waals surface area contributed by atoms with Crippen molar-refractivity contribution in [3.8, 4) is 5.75 Å². The van der Waals surface area contributed by atoms with Crippen LogP contribution < -0.4 is 15.8 Å². The van der Waals surface area contributed by atoms with E-state index in [-0.39, 0.29) is 37.3 Å². The minimum absolute atomic E-state index is 0. The molecule has 0 aliphatic rings. The number of halogens is 1. The molecule has 0 bridgehead atoms. The Hall–Kier alpha value is -1.79. The molecule has 0 aliphatic carbocycles. The summed E-state index contributed by atoms with van der Waals surface area (Å²) in [6.07, 6.45) is 0. The first-order chi connectivity index (χ1) is 9.52. The Labute approximate surface area is 131 Å². The van der Waals surface area contributed by atoms with Gasteiger partial charge in [0.2, 0.25) is 11.8 Å². The lowest BCUT2D eigenvalue weighted by molar-refractivity contribution is -0.131. The van der Waals surface area contributed by atoms with Crippen molar-refractivity contribution in [3.05, 3.63) is 29.8 Å². The molecule has 0 heterocycles. The van der Waals surface area contributed by atoms with Gasteiger partial charge < -0.3 is 20.7 Å². The number of nitrogens with zero attached hydrogens (tertiary/aromatic N) is 1. The second-order valence-electron chi connectivity index (χ2n) is 4.46. The summed E-state index contributed by atoms with van der Waals surface area (Å²) in [5, 5.41) is 2.43. The molecular weight excluding hydrogens is 294 g/mol. The van der Waals surface area contributed by atoms with E-state index in [1.807, 2.05) is 31.2 Å². The first kappa shape index (κ1) is 19.2. The fraction of sp³-hybridized carbons (Fsp3) is 0.429. The molecule has 0 saturated carbocycles. The SMILES string of the molecule is Cc1cccc(OCCN(C)C(=O)CNC(=O)CN)c1.Cl. The summed E-state index contributed by atoms with van der Waals surface area (Å²) in [6, 6.07) is 7.71. The Morgan fingerprint density at radius 2 is 2.10 bits per heavy atom. The summed E-state index contributed by atoms with van der Waals surface area (Å²) in [4.78, 5) is 24.1. The number of rotatable bonds is 7. The Balaban J connectivity index is 0.00000400. The van der Waals surface area contributed by atoms with Crippen LogP contribution in [0.3, 0.4) is 0 Å². The topological polar surface area (TPSA) is 84.7 Å². The highest BCUT2D eigenvalue weighted by molar-refractivity contribution is 5.85. The summed E-state index contributed by atoms with van der Waals surface area (Å²) in [7, 11) is 1.66. The van der Waals surface area contributed by atoms with E-state index in [4.69, 9.17) is 10.5 Å². The highest BCUT2D eigenvalue weighted by atomic mass is 35.5. The maximum Gasteiger partial charge on any atom is 0.241 e. The minimum atomic E-state index is -0.345. The third-order valence-corrected chi connectivity index (χ3v) is 2.73. The number of aryl methyl sites for hydroxylation is 1. The molecule has 21 heavy (non-hydrogen) atoms. The van der Waals surface area contributed by atoms with Gasteiger partial charge in [-0.25, -0.2) is 0 Å². The number of hydrogen-bond donors (Lipinski definition) is 2. The average Bonchev–Trinajstić information content (AvgIpc) is 2.44. The molecule has 1 rings (SSSR count). The summed E-state index contributed by atoms with van der Waals surface area (Å²) < 4.78 is 5.55. The number of benzene rings is 1. The predicted octanol–water partition coefficient (Wildman–Crippen LogP) is 0.329. The van der Waals surface area contributed by atoms with Gasteiger partial charge in [0.1, 0.15) is 12.4 Å². The van der Waals surface area contributed by atoms with Crippen molar-refractivity contribution in [1.82, 2.24) is 10.2 Å². The Morgan fingerprint density at radius 1 is 1.38 bits per heavy atom. The van der Waals surface area contributed by atoms with Crippen molar-refractivity contribution in [2.24, 2.45) is 5.73 Å². The van der Waals surface area contributed by atoms with E-state index in [0.717, 1.165) is 11.3 Å². The molecule has 1 aromatic rings. The van der Waals surface area contributed by atoms with E-state index in [0.29, 0.717) is 13.2 Å². The van der Waals surface area contributed by atoms with Crippen LogP contribution in [0.4, 0.5) is 0 Å². The van der Waals surface area contributed by atoms with E-state index in [1.54, 1.807) is 7.05 Å². The molecule has 2 amide bonds. The van der Waals surface area contributed by atoms with Crippen LogP contribution in [0.5, 0.6) is 5.75 Å². The lowest BCUT2D eigenvalue weighted by atomic mass is 10.2. The van der Waals surface area contributed by atoms with Crippen molar-refractivity contribution in [2.75, 3.05) is 33.3 Å². The van der Waals surface area contributed by atoms with E-state index < -0.39 is 0 Å². The first-order valence-corrected chi connectivity index (χ1v) is 6.43. The van der Waals surface area contributed by atoms with Crippen LogP contribution in [-0.2, 0) is 9.59 Å². The van der Waals surface area contributed by atoms with Crippen molar-refractivity contribution in [2.45, 2.75) is 6.92 Å². The van der Waals surface area contributed by atoms with E-state index in [9.17, 15) is 9.59 Å². The number of amides is 2. The Morgan fingerprint density at radius 3 is 2.71 bits per heavy atom. The predicted molar refractivity (Wildman–Crippen MR) is 83.6 cm³/mol. The molecular formula is C14H22ClN3O3. The van der Waals surface area contributed by atoms with Gasteiger partial charge in [0.25, 0.3) is 0 Å². The lowest BCUT2D eigenvalue weighted by Crippen LogP contribution is -2.41. The second kappa shape index (κ2) is 10.0. The number of ether oxygens (including phenoxy) is 1. The molecule has 0 fully saturated rings. The van der Waals surface area contributed by atoms with Crippen LogP contribution >= 0.6 is 12.4 Å². The monoisotopic (exact) mass is 315 g/mol. The van der Waals surface area contributed by atoms with Crippen molar-refractivity contribution < 1.29 is 14.3 Å². The molecule has 3 N–H and O–H groups in total. The van der Waals surface area contributed by atoms with Gasteiger partial charge in [-0.3, -0.25) is 9.59 Å². The molecule has 6 nitrogen and oxygen atoms in total. The highest BCUT2D eigenvalue weighted by Gasteiger charge is 2.09. The zero-order valence-corrected chi connectivity index (χ0v) is 13.1. The van der Waals surface area contributed by atoms with E-state index in [1.165, 1.54) is 4.90 Å².